The van der Waals surface area contributed by atoms with Crippen molar-refractivity contribution in [3.05, 3.63) is 36.5 Å². The second-order valence-corrected chi connectivity index (χ2v) is 16.2. The van der Waals surface area contributed by atoms with E-state index >= 15 is 0 Å². The van der Waals surface area contributed by atoms with E-state index in [4.69, 9.17) is 14.8 Å². The van der Waals surface area contributed by atoms with Gasteiger partial charge in [-0.3, -0.25) is 13.8 Å². The number of hydrogen-bond acceptors (Lipinski definition) is 7. The lowest BCUT2D eigenvalue weighted by Crippen LogP contribution is -2.46. The lowest BCUT2D eigenvalue weighted by atomic mass is 10.0. The van der Waals surface area contributed by atoms with Crippen LogP contribution in [0.3, 0.4) is 0 Å². The van der Waals surface area contributed by atoms with Gasteiger partial charge < -0.3 is 26.2 Å². The third-order valence-electron chi connectivity index (χ3n) is 9.50. The zero-order chi connectivity index (χ0) is 39.1. The standard InChI is InChI=1S/C43H83N2O7P/c1-3-5-7-9-11-13-15-17-18-19-20-21-22-23-24-26-28-30-32-34-40(46)38-43(48)45-41(39-52-53(49,50)51-37-36-44)42(47)35-33-31-29-27-25-16-14-12-10-8-6-4-2/h10,12,25,27,33,35,40-42,46-47H,3-9,11,13-24,26,28-32,34,36-39,44H2,1-2H3,(H,45,48)(H,49,50)/b12-10+,27-25+,35-33+. The van der Waals surface area contributed by atoms with Crippen molar-refractivity contribution in [2.24, 2.45) is 5.73 Å². The predicted octanol–water partition coefficient (Wildman–Crippen LogP) is 10.9. The fourth-order valence-electron chi connectivity index (χ4n) is 6.19. The molecule has 6 N–H and O–H groups in total. The first kappa shape index (κ1) is 51.7. The van der Waals surface area contributed by atoms with Crippen molar-refractivity contribution in [3.63, 3.8) is 0 Å². The van der Waals surface area contributed by atoms with Crippen LogP contribution in [-0.2, 0) is 18.4 Å². The molecular weight excluding hydrogens is 687 g/mol. The second kappa shape index (κ2) is 38.9. The van der Waals surface area contributed by atoms with E-state index in [-0.39, 0.29) is 19.6 Å². The van der Waals surface area contributed by atoms with Crippen molar-refractivity contribution in [2.45, 2.75) is 212 Å². The molecule has 0 radical (unpaired) electrons. The first-order valence-electron chi connectivity index (χ1n) is 21.7. The van der Waals surface area contributed by atoms with E-state index in [2.05, 4.69) is 43.5 Å². The van der Waals surface area contributed by atoms with Gasteiger partial charge in [0.05, 0.1) is 37.9 Å². The molecule has 4 atom stereocenters. The lowest BCUT2D eigenvalue weighted by molar-refractivity contribution is -0.124. The molecule has 0 rings (SSSR count). The number of unbranched alkanes of at least 4 members (excludes halogenated alkanes) is 22. The molecule has 0 saturated carbocycles. The molecule has 9 nitrogen and oxygen atoms in total. The molecule has 0 aromatic heterocycles. The average molecular weight is 771 g/mol. The van der Waals surface area contributed by atoms with Gasteiger partial charge in [0.25, 0.3) is 0 Å². The molecular formula is C43H83N2O7P. The Morgan fingerprint density at radius 1 is 0.642 bits per heavy atom. The van der Waals surface area contributed by atoms with Crippen LogP contribution in [0.4, 0.5) is 0 Å². The summed E-state index contributed by atoms with van der Waals surface area (Å²) < 4.78 is 22.0. The summed E-state index contributed by atoms with van der Waals surface area (Å²) in [6.07, 6.45) is 42.4. The molecule has 0 saturated heterocycles. The summed E-state index contributed by atoms with van der Waals surface area (Å²) in [5.41, 5.74) is 5.35. The van der Waals surface area contributed by atoms with E-state index in [1.54, 1.807) is 6.08 Å². The summed E-state index contributed by atoms with van der Waals surface area (Å²) in [5.74, 6) is -0.460. The van der Waals surface area contributed by atoms with Crippen molar-refractivity contribution in [1.82, 2.24) is 5.32 Å². The van der Waals surface area contributed by atoms with E-state index in [9.17, 15) is 24.5 Å². The highest BCUT2D eigenvalue weighted by Crippen LogP contribution is 2.43. The molecule has 0 aromatic carbocycles. The van der Waals surface area contributed by atoms with Crippen LogP contribution >= 0.6 is 7.82 Å². The maximum Gasteiger partial charge on any atom is 0.472 e. The van der Waals surface area contributed by atoms with E-state index in [1.807, 2.05) is 6.08 Å². The van der Waals surface area contributed by atoms with Gasteiger partial charge in [-0.1, -0.05) is 185 Å². The van der Waals surface area contributed by atoms with Gasteiger partial charge in [-0.05, 0) is 38.5 Å². The number of allylic oxidation sites excluding steroid dienone is 5. The highest BCUT2D eigenvalue weighted by molar-refractivity contribution is 7.47. The normalized spacial score (nSPS) is 15.1. The number of aliphatic hydroxyl groups excluding tert-OH is 2. The van der Waals surface area contributed by atoms with Crippen LogP contribution in [0.25, 0.3) is 0 Å². The Balaban J connectivity index is 4.27. The number of nitrogens with two attached hydrogens (primary N) is 1. The van der Waals surface area contributed by atoms with Crippen molar-refractivity contribution >= 4 is 13.7 Å². The summed E-state index contributed by atoms with van der Waals surface area (Å²) in [6.45, 7) is 3.89. The van der Waals surface area contributed by atoms with E-state index < -0.39 is 38.6 Å². The highest BCUT2D eigenvalue weighted by atomic mass is 31.2. The van der Waals surface area contributed by atoms with Gasteiger partial charge in [0.15, 0.2) is 0 Å². The van der Waals surface area contributed by atoms with Crippen LogP contribution < -0.4 is 11.1 Å². The van der Waals surface area contributed by atoms with E-state index in [0.29, 0.717) is 12.8 Å². The smallest absolute Gasteiger partial charge is 0.393 e. The van der Waals surface area contributed by atoms with Gasteiger partial charge in [-0.2, -0.15) is 0 Å². The number of carbonyl (C=O) groups excluding carboxylic acids is 1. The van der Waals surface area contributed by atoms with Gasteiger partial charge in [-0.25, -0.2) is 4.57 Å². The largest absolute Gasteiger partial charge is 0.472 e. The van der Waals surface area contributed by atoms with Gasteiger partial charge in [0.1, 0.15) is 0 Å². The van der Waals surface area contributed by atoms with Crippen LogP contribution in [0.1, 0.15) is 194 Å². The molecule has 4 unspecified atom stereocenters. The number of nitrogens with one attached hydrogen (secondary N) is 1. The number of amides is 1. The number of hydrogen-bond donors (Lipinski definition) is 5. The molecule has 312 valence electrons. The third-order valence-corrected chi connectivity index (χ3v) is 10.5. The van der Waals surface area contributed by atoms with Gasteiger partial charge in [-0.15, -0.1) is 0 Å². The average Bonchev–Trinajstić information content (AvgIpc) is 3.13. The lowest BCUT2D eigenvalue weighted by Gasteiger charge is -2.24. The quantitative estimate of drug-likeness (QED) is 0.0235. The number of rotatable bonds is 40. The Morgan fingerprint density at radius 2 is 1.08 bits per heavy atom. The van der Waals surface area contributed by atoms with Crippen LogP contribution in [0.5, 0.6) is 0 Å². The minimum absolute atomic E-state index is 0.0426. The maximum atomic E-state index is 12.8. The Morgan fingerprint density at radius 3 is 1.55 bits per heavy atom. The topological polar surface area (TPSA) is 151 Å². The predicted molar refractivity (Wildman–Crippen MR) is 223 cm³/mol. The Hall–Kier alpha value is -1.32. The van der Waals surface area contributed by atoms with Gasteiger partial charge in [0.2, 0.25) is 5.91 Å². The van der Waals surface area contributed by atoms with Crippen molar-refractivity contribution < 1.29 is 33.5 Å². The molecule has 0 heterocycles. The molecule has 0 fully saturated rings. The first-order chi connectivity index (χ1) is 25.8. The summed E-state index contributed by atoms with van der Waals surface area (Å²) in [6, 6.07) is -1.00. The molecule has 0 aliphatic rings. The zero-order valence-electron chi connectivity index (χ0n) is 34.1. The first-order valence-corrected chi connectivity index (χ1v) is 23.2. The molecule has 0 spiro atoms. The fraction of sp³-hybridized carbons (Fsp3) is 0.837. The molecule has 0 aromatic rings. The summed E-state index contributed by atoms with van der Waals surface area (Å²) in [4.78, 5) is 22.7. The summed E-state index contributed by atoms with van der Waals surface area (Å²) >= 11 is 0. The number of aliphatic hydroxyl groups is 2. The summed E-state index contributed by atoms with van der Waals surface area (Å²) in [5, 5.41) is 24.0. The van der Waals surface area contributed by atoms with Crippen LogP contribution in [0, 0.1) is 0 Å². The molecule has 53 heavy (non-hydrogen) atoms. The van der Waals surface area contributed by atoms with E-state index in [0.717, 1.165) is 44.9 Å². The fourth-order valence-corrected chi connectivity index (χ4v) is 6.95. The number of phosphoric acid groups is 1. The molecule has 1 amide bonds. The minimum Gasteiger partial charge on any atom is -0.393 e. The van der Waals surface area contributed by atoms with Gasteiger partial charge in [0, 0.05) is 6.54 Å². The number of phosphoric ester groups is 1. The van der Waals surface area contributed by atoms with Crippen LogP contribution in [0.15, 0.2) is 36.5 Å². The highest BCUT2D eigenvalue weighted by Gasteiger charge is 2.27. The zero-order valence-corrected chi connectivity index (χ0v) is 35.0. The Bertz CT molecular complexity index is 946. The summed E-state index contributed by atoms with van der Waals surface area (Å²) in [7, 11) is -4.41. The molecule has 0 aliphatic heterocycles. The molecule has 10 heteroatoms. The monoisotopic (exact) mass is 771 g/mol. The van der Waals surface area contributed by atoms with Crippen LogP contribution in [-0.4, -0.2) is 59.0 Å². The molecule has 0 bridgehead atoms. The second-order valence-electron chi connectivity index (χ2n) is 14.7. The number of carbonyl (C=O) groups is 1. The van der Waals surface area contributed by atoms with Crippen molar-refractivity contribution in [1.29, 1.82) is 0 Å². The SMILES string of the molecule is CCCC/C=C/CC/C=C/CC/C=C/C(O)C(COP(=O)(O)OCCN)NC(=O)CC(O)CCCCCCCCCCCCCCCCCCCCC. The molecule has 0 aliphatic carbocycles. The minimum atomic E-state index is -4.41. The van der Waals surface area contributed by atoms with E-state index in [1.165, 1.54) is 116 Å². The third kappa shape index (κ3) is 37.4. The Labute approximate surface area is 325 Å². The Kier molecular flexibility index (Phi) is 38.0. The van der Waals surface area contributed by atoms with Gasteiger partial charge >= 0.3 is 7.82 Å². The van der Waals surface area contributed by atoms with Crippen LogP contribution in [0.2, 0.25) is 0 Å². The maximum absolute atomic E-state index is 12.8. The van der Waals surface area contributed by atoms with Crippen molar-refractivity contribution in [3.8, 4) is 0 Å². The van der Waals surface area contributed by atoms with Crippen molar-refractivity contribution in [2.75, 3.05) is 19.8 Å².